The van der Waals surface area contributed by atoms with Crippen molar-refractivity contribution in [2.45, 2.75) is 12.7 Å². The number of nitrogens with two attached hydrogens (primary N) is 2. The lowest BCUT2D eigenvalue weighted by Crippen LogP contribution is -2.30. The van der Waals surface area contributed by atoms with E-state index in [0.29, 0.717) is 17.0 Å². The van der Waals surface area contributed by atoms with Crippen LogP contribution in [-0.4, -0.2) is 10.1 Å². The fraction of sp³-hybridized carbons (Fsp3) is 0.0909. The van der Waals surface area contributed by atoms with Gasteiger partial charge in [0.25, 0.3) is 0 Å². The van der Waals surface area contributed by atoms with Crippen LogP contribution in [-0.2, 0) is 12.7 Å². The summed E-state index contributed by atoms with van der Waals surface area (Å²) in [7, 11) is 0. The van der Waals surface area contributed by atoms with Crippen LogP contribution in [0, 0.1) is 5.82 Å². The van der Waals surface area contributed by atoms with Gasteiger partial charge in [0.2, 0.25) is 5.82 Å². The Morgan fingerprint density at radius 2 is 1.68 bits per heavy atom. The van der Waals surface area contributed by atoms with E-state index < -0.39 is 17.9 Å². The molecule has 0 aliphatic carbocycles. The fourth-order valence-electron chi connectivity index (χ4n) is 3.02. The summed E-state index contributed by atoms with van der Waals surface area (Å²) in [5.74, 6) is 4.81. The van der Waals surface area contributed by atoms with Crippen LogP contribution in [0.4, 0.5) is 28.9 Å². The highest BCUT2D eigenvalue weighted by molar-refractivity contribution is 6.35. The van der Waals surface area contributed by atoms with Gasteiger partial charge in [-0.05, 0) is 42.0 Å². The smallest absolute Gasteiger partial charge is 0.456 e. The van der Waals surface area contributed by atoms with Crippen molar-refractivity contribution in [1.82, 2.24) is 10.1 Å². The van der Waals surface area contributed by atoms with Crippen molar-refractivity contribution < 1.29 is 26.8 Å². The minimum absolute atomic E-state index is 0.130. The van der Waals surface area contributed by atoms with Crippen LogP contribution in [0.1, 0.15) is 11.5 Å². The number of hydrogen-bond donors (Lipinski definition) is 2. The molecule has 0 unspecified atom stereocenters. The van der Waals surface area contributed by atoms with E-state index in [1.165, 1.54) is 29.3 Å². The zero-order valence-electron chi connectivity index (χ0n) is 17.2. The topological polar surface area (TPSA) is 103 Å². The molecule has 4 rings (SSSR count). The highest BCUT2D eigenvalue weighted by Gasteiger charge is 2.38. The Morgan fingerprint density at radius 3 is 2.29 bits per heavy atom. The number of rotatable bonds is 6. The third-order valence-corrected chi connectivity index (χ3v) is 5.10. The van der Waals surface area contributed by atoms with Crippen LogP contribution in [0.3, 0.4) is 0 Å². The summed E-state index contributed by atoms with van der Waals surface area (Å²) in [5.41, 5.74) is 7.81. The first-order valence-electron chi connectivity index (χ1n) is 9.65. The number of nitrogens with zero attached hydrogens (tertiary/aromatic N) is 3. The normalized spacial score (nSPS) is 11.5. The third-order valence-electron chi connectivity index (χ3n) is 4.71. The van der Waals surface area contributed by atoms with Crippen molar-refractivity contribution in [3.8, 4) is 22.9 Å². The first kappa shape index (κ1) is 23.3. The Bertz CT molecular complexity index is 1290. The van der Waals surface area contributed by atoms with E-state index in [9.17, 15) is 17.6 Å². The summed E-state index contributed by atoms with van der Waals surface area (Å²) in [4.78, 5) is 3.35. The number of anilines is 2. The highest BCUT2D eigenvalue weighted by atomic mass is 35.5. The summed E-state index contributed by atoms with van der Waals surface area (Å²) in [6.07, 6.45) is -4.72. The first-order chi connectivity index (χ1) is 16.1. The maximum Gasteiger partial charge on any atom is 0.471 e. The standard InChI is InChI=1S/C22H16ClF4N5O2/c23-18-17(33-15-7-5-14(24)6-8-15)10-9-16(19(18)28)32(29)11-12-1-3-13(4-2-12)20-30-21(34-31-20)22(25,26)27/h1-10H,11,28-29H2. The summed E-state index contributed by atoms with van der Waals surface area (Å²) >= 11 is 6.34. The molecule has 1 aromatic heterocycles. The molecule has 0 aliphatic heterocycles. The van der Waals surface area contributed by atoms with Crippen molar-refractivity contribution >= 4 is 23.0 Å². The summed E-state index contributed by atoms with van der Waals surface area (Å²) in [6, 6.07) is 15.0. The monoisotopic (exact) mass is 493 g/mol. The van der Waals surface area contributed by atoms with E-state index in [1.807, 2.05) is 0 Å². The van der Waals surface area contributed by atoms with Gasteiger partial charge in [-0.15, -0.1) is 0 Å². The molecule has 34 heavy (non-hydrogen) atoms. The Morgan fingerprint density at radius 1 is 1.00 bits per heavy atom. The van der Waals surface area contributed by atoms with E-state index in [-0.39, 0.29) is 28.8 Å². The van der Waals surface area contributed by atoms with E-state index in [1.54, 1.807) is 36.4 Å². The number of alkyl halides is 3. The fourth-order valence-corrected chi connectivity index (χ4v) is 3.22. The van der Waals surface area contributed by atoms with Gasteiger partial charge in [-0.25, -0.2) is 10.2 Å². The number of hydrazine groups is 1. The lowest BCUT2D eigenvalue weighted by atomic mass is 10.1. The molecule has 12 heteroatoms. The van der Waals surface area contributed by atoms with Gasteiger partial charge < -0.3 is 20.0 Å². The first-order valence-corrected chi connectivity index (χ1v) is 10.0. The van der Waals surface area contributed by atoms with Crippen molar-refractivity contribution in [1.29, 1.82) is 0 Å². The van der Waals surface area contributed by atoms with E-state index >= 15 is 0 Å². The molecule has 0 aliphatic rings. The number of aromatic nitrogens is 2. The van der Waals surface area contributed by atoms with Crippen molar-refractivity contribution in [2.75, 3.05) is 10.7 Å². The van der Waals surface area contributed by atoms with Crippen molar-refractivity contribution in [2.24, 2.45) is 5.84 Å². The van der Waals surface area contributed by atoms with Crippen LogP contribution >= 0.6 is 11.6 Å². The molecule has 0 saturated carbocycles. The summed E-state index contributed by atoms with van der Waals surface area (Å²) in [6.45, 7) is 0.207. The SMILES string of the molecule is Nc1c(N(N)Cc2ccc(-c3noc(C(F)(F)F)n3)cc2)ccc(Oc2ccc(F)cc2)c1Cl. The summed E-state index contributed by atoms with van der Waals surface area (Å²) < 4.78 is 60.9. The summed E-state index contributed by atoms with van der Waals surface area (Å²) in [5, 5.41) is 4.84. The lowest BCUT2D eigenvalue weighted by molar-refractivity contribution is -0.159. The van der Waals surface area contributed by atoms with Crippen LogP contribution in [0.25, 0.3) is 11.4 Å². The second kappa shape index (κ2) is 9.20. The Labute approximate surface area is 195 Å². The molecule has 0 radical (unpaired) electrons. The van der Waals surface area contributed by atoms with Crippen LogP contribution in [0.15, 0.2) is 65.2 Å². The molecule has 0 amide bonds. The molecule has 0 atom stereocenters. The van der Waals surface area contributed by atoms with Crippen molar-refractivity contribution in [3.63, 3.8) is 0 Å². The van der Waals surface area contributed by atoms with Gasteiger partial charge in [0.05, 0.1) is 17.9 Å². The van der Waals surface area contributed by atoms with Gasteiger partial charge in [0, 0.05) is 5.56 Å². The predicted octanol–water partition coefficient (Wildman–Crippen LogP) is 5.80. The zero-order valence-corrected chi connectivity index (χ0v) is 17.9. The number of nitrogen functional groups attached to an aromatic ring is 1. The molecule has 0 bridgehead atoms. The molecule has 0 fully saturated rings. The van der Waals surface area contributed by atoms with Crippen LogP contribution in [0.5, 0.6) is 11.5 Å². The van der Waals surface area contributed by atoms with Gasteiger partial charge in [-0.1, -0.05) is 41.0 Å². The number of halogens is 5. The molecule has 4 aromatic rings. The molecule has 176 valence electrons. The quantitative estimate of drug-likeness (QED) is 0.151. The molecule has 0 spiro atoms. The third kappa shape index (κ3) is 5.05. The maximum atomic E-state index is 13.1. The maximum absolute atomic E-state index is 13.1. The van der Waals surface area contributed by atoms with Gasteiger partial charge in [0.1, 0.15) is 22.3 Å². The van der Waals surface area contributed by atoms with Crippen LogP contribution in [0.2, 0.25) is 5.02 Å². The van der Waals surface area contributed by atoms with Gasteiger partial charge in [-0.2, -0.15) is 18.2 Å². The number of benzene rings is 3. The molecule has 3 aromatic carbocycles. The zero-order chi connectivity index (χ0) is 24.5. The molecular formula is C22H16ClF4N5O2. The van der Waals surface area contributed by atoms with E-state index in [4.69, 9.17) is 27.9 Å². The number of ether oxygens (including phenoxy) is 1. The molecule has 0 saturated heterocycles. The van der Waals surface area contributed by atoms with E-state index in [2.05, 4.69) is 14.7 Å². The van der Waals surface area contributed by atoms with Gasteiger partial charge in [-0.3, -0.25) is 0 Å². The van der Waals surface area contributed by atoms with Crippen LogP contribution < -0.4 is 21.3 Å². The van der Waals surface area contributed by atoms with Gasteiger partial charge in [0.15, 0.2) is 0 Å². The Hall–Kier alpha value is -3.83. The minimum Gasteiger partial charge on any atom is -0.456 e. The molecule has 4 N–H and O–H groups in total. The average molecular weight is 494 g/mol. The van der Waals surface area contributed by atoms with Crippen molar-refractivity contribution in [3.05, 3.63) is 83.0 Å². The predicted molar refractivity (Wildman–Crippen MR) is 117 cm³/mol. The van der Waals surface area contributed by atoms with Gasteiger partial charge >= 0.3 is 12.1 Å². The lowest BCUT2D eigenvalue weighted by Gasteiger charge is -2.22. The second-order valence-corrected chi connectivity index (χ2v) is 7.49. The largest absolute Gasteiger partial charge is 0.471 e. The second-order valence-electron chi connectivity index (χ2n) is 7.11. The minimum atomic E-state index is -4.72. The molecule has 1 heterocycles. The molecular weight excluding hydrogens is 478 g/mol. The van der Waals surface area contributed by atoms with E-state index in [0.717, 1.165) is 5.56 Å². The molecule has 7 nitrogen and oxygen atoms in total. The highest BCUT2D eigenvalue weighted by Crippen LogP contribution is 2.39. The number of hydrogen-bond acceptors (Lipinski definition) is 7. The average Bonchev–Trinajstić information content (AvgIpc) is 3.30. The Kier molecular flexibility index (Phi) is 6.31. The Balaban J connectivity index is 1.47.